The number of sulfonamides is 1. The molecule has 0 spiro atoms. The fraction of sp³-hybridized carbons (Fsp3) is 0.235. The highest BCUT2D eigenvalue weighted by Gasteiger charge is 2.21. The van der Waals surface area contributed by atoms with Gasteiger partial charge in [-0.2, -0.15) is 0 Å². The van der Waals surface area contributed by atoms with Crippen molar-refractivity contribution in [3.8, 4) is 0 Å². The number of methoxy groups -OCH3 is 1. The summed E-state index contributed by atoms with van der Waals surface area (Å²) < 4.78 is 29.0. The fourth-order valence-electron chi connectivity index (χ4n) is 2.45. The Bertz CT molecular complexity index is 851. The second-order valence-electron chi connectivity index (χ2n) is 5.43. The molecule has 0 radical (unpaired) electrons. The molecular weight excluding hydrogens is 344 g/mol. The molecule has 0 heterocycles. The van der Waals surface area contributed by atoms with Crippen molar-refractivity contribution in [1.82, 2.24) is 0 Å². The monoisotopic (exact) mass is 364 g/mol. The molecule has 0 unspecified atom stereocenters. The number of nitrogens with one attached hydrogen (secondary N) is 1. The number of carboxylic acids is 1. The van der Waals surface area contributed by atoms with Crippen LogP contribution >= 0.6 is 0 Å². The summed E-state index contributed by atoms with van der Waals surface area (Å²) in [6.07, 6.45) is 0.293. The summed E-state index contributed by atoms with van der Waals surface area (Å²) in [5, 5.41) is 17.6. The second-order valence-corrected chi connectivity index (χ2v) is 6.96. The smallest absolute Gasteiger partial charge is 0.335 e. The van der Waals surface area contributed by atoms with E-state index in [2.05, 4.69) is 5.32 Å². The lowest BCUT2D eigenvalue weighted by Crippen LogP contribution is -2.19. The van der Waals surface area contributed by atoms with Gasteiger partial charge in [-0.3, -0.25) is 0 Å². The largest absolute Gasteiger partial charge is 0.478 e. The van der Waals surface area contributed by atoms with Crippen LogP contribution < -0.4 is 10.5 Å². The first-order chi connectivity index (χ1) is 11.8. The molecule has 8 heteroatoms. The van der Waals surface area contributed by atoms with Crippen LogP contribution in [0.5, 0.6) is 0 Å². The third-order valence-corrected chi connectivity index (χ3v) is 4.59. The van der Waals surface area contributed by atoms with Crippen LogP contribution in [0, 0.1) is 0 Å². The number of hydrogen-bond acceptors (Lipinski definition) is 5. The Morgan fingerprint density at radius 1 is 1.24 bits per heavy atom. The van der Waals surface area contributed by atoms with E-state index in [4.69, 9.17) is 9.88 Å². The molecule has 0 aliphatic carbocycles. The summed E-state index contributed by atoms with van der Waals surface area (Å²) in [4.78, 5) is 11.1. The quantitative estimate of drug-likeness (QED) is 0.613. The van der Waals surface area contributed by atoms with Crippen molar-refractivity contribution in [1.29, 1.82) is 0 Å². The number of rotatable bonds is 8. The summed E-state index contributed by atoms with van der Waals surface area (Å²) in [6.45, 7) is 0.776. The third kappa shape index (κ3) is 5.02. The minimum atomic E-state index is -4.10. The molecule has 7 nitrogen and oxygen atoms in total. The average molecular weight is 364 g/mol. The van der Waals surface area contributed by atoms with E-state index in [1.165, 1.54) is 13.2 Å². The zero-order valence-corrected chi connectivity index (χ0v) is 14.5. The maximum absolute atomic E-state index is 12.0. The molecule has 0 aliphatic heterocycles. The number of carbonyl (C=O) groups is 1. The summed E-state index contributed by atoms with van der Waals surface area (Å²) in [7, 11) is -2.56. The van der Waals surface area contributed by atoms with Gasteiger partial charge in [0.2, 0.25) is 10.0 Å². The summed E-state index contributed by atoms with van der Waals surface area (Å²) in [5.41, 5.74) is 1.56. The molecule has 0 saturated heterocycles. The van der Waals surface area contributed by atoms with Gasteiger partial charge in [-0.15, -0.1) is 0 Å². The van der Waals surface area contributed by atoms with E-state index in [1.54, 1.807) is 0 Å². The van der Waals surface area contributed by atoms with Gasteiger partial charge in [0.05, 0.1) is 17.1 Å². The van der Waals surface area contributed by atoms with Crippen LogP contribution in [0.15, 0.2) is 47.4 Å². The number of ether oxygens (including phenoxy) is 1. The highest BCUT2D eigenvalue weighted by Crippen LogP contribution is 2.28. The summed E-state index contributed by atoms with van der Waals surface area (Å²) >= 11 is 0. The second kappa shape index (κ2) is 8.11. The van der Waals surface area contributed by atoms with Crippen molar-refractivity contribution >= 4 is 21.7 Å². The Labute approximate surface area is 146 Å². The lowest BCUT2D eigenvalue weighted by atomic mass is 10.0. The molecule has 0 aliphatic rings. The Kier molecular flexibility index (Phi) is 6.13. The normalized spacial score (nSPS) is 11.3. The molecule has 0 saturated carbocycles. The van der Waals surface area contributed by atoms with Crippen molar-refractivity contribution in [2.24, 2.45) is 5.14 Å². The van der Waals surface area contributed by atoms with Crippen LogP contribution in [0.2, 0.25) is 0 Å². The minimum Gasteiger partial charge on any atom is -0.478 e. The molecular formula is C17H20N2O5S. The first-order valence-electron chi connectivity index (χ1n) is 7.52. The molecule has 0 atom stereocenters. The van der Waals surface area contributed by atoms with Crippen LogP contribution in [0.1, 0.15) is 21.5 Å². The fourth-order valence-corrected chi connectivity index (χ4v) is 3.27. The zero-order valence-electron chi connectivity index (χ0n) is 13.7. The number of benzene rings is 2. The van der Waals surface area contributed by atoms with Crippen molar-refractivity contribution in [3.05, 3.63) is 59.2 Å². The van der Waals surface area contributed by atoms with E-state index in [-0.39, 0.29) is 10.5 Å². The van der Waals surface area contributed by atoms with Crippen molar-refractivity contribution in [2.75, 3.05) is 25.6 Å². The lowest BCUT2D eigenvalue weighted by Gasteiger charge is -2.17. The Hall–Kier alpha value is -2.42. The molecule has 2 aromatic carbocycles. The number of carboxylic acid groups (broad SMARTS) is 1. The van der Waals surface area contributed by atoms with Gasteiger partial charge in [-0.05, 0) is 23.3 Å². The highest BCUT2D eigenvalue weighted by molar-refractivity contribution is 7.89. The number of anilines is 1. The van der Waals surface area contributed by atoms with Crippen LogP contribution in [0.25, 0.3) is 0 Å². The van der Waals surface area contributed by atoms with Crippen LogP contribution in [-0.4, -0.2) is 39.8 Å². The van der Waals surface area contributed by atoms with Gasteiger partial charge in [-0.25, -0.2) is 18.4 Å². The van der Waals surface area contributed by atoms with E-state index in [1.807, 2.05) is 30.3 Å². The standard InChI is InChI=1S/C17H20N2O5S/c1-24-8-7-19-15-10-13(17(20)21)11-16(25(18,22)23)14(15)9-12-5-3-2-4-6-12/h2-6,10-11,19H,7-9H2,1H3,(H,20,21)(H2,18,22,23). The average Bonchev–Trinajstić information content (AvgIpc) is 2.56. The zero-order chi connectivity index (χ0) is 18.4. The Morgan fingerprint density at radius 2 is 1.92 bits per heavy atom. The van der Waals surface area contributed by atoms with E-state index in [9.17, 15) is 18.3 Å². The minimum absolute atomic E-state index is 0.152. The van der Waals surface area contributed by atoms with Crippen molar-refractivity contribution in [3.63, 3.8) is 0 Å². The Morgan fingerprint density at radius 3 is 2.48 bits per heavy atom. The maximum Gasteiger partial charge on any atom is 0.335 e. The first-order valence-corrected chi connectivity index (χ1v) is 9.07. The number of primary sulfonamides is 1. The van der Waals surface area contributed by atoms with Crippen LogP contribution in [0.4, 0.5) is 5.69 Å². The topological polar surface area (TPSA) is 119 Å². The van der Waals surface area contributed by atoms with Crippen LogP contribution in [0.3, 0.4) is 0 Å². The molecule has 134 valence electrons. The van der Waals surface area contributed by atoms with Crippen molar-refractivity contribution in [2.45, 2.75) is 11.3 Å². The summed E-state index contributed by atoms with van der Waals surface area (Å²) in [5.74, 6) is -1.23. The van der Waals surface area contributed by atoms with Gasteiger partial charge in [0.1, 0.15) is 0 Å². The Balaban J connectivity index is 2.59. The van der Waals surface area contributed by atoms with Gasteiger partial charge in [-0.1, -0.05) is 30.3 Å². The molecule has 2 aromatic rings. The van der Waals surface area contributed by atoms with Crippen molar-refractivity contribution < 1.29 is 23.1 Å². The highest BCUT2D eigenvalue weighted by atomic mass is 32.2. The maximum atomic E-state index is 12.0. The summed E-state index contributed by atoms with van der Waals surface area (Å²) in [6, 6.07) is 11.8. The predicted molar refractivity (Wildman–Crippen MR) is 94.4 cm³/mol. The molecule has 2 rings (SSSR count). The molecule has 0 bridgehead atoms. The van der Waals surface area contributed by atoms with E-state index in [0.29, 0.717) is 30.8 Å². The third-order valence-electron chi connectivity index (χ3n) is 3.61. The van der Waals surface area contributed by atoms with Gasteiger partial charge in [0.25, 0.3) is 0 Å². The number of aromatic carboxylic acids is 1. The van der Waals surface area contributed by atoms with E-state index < -0.39 is 16.0 Å². The van der Waals surface area contributed by atoms with Gasteiger partial charge in [0.15, 0.2) is 0 Å². The number of nitrogens with two attached hydrogens (primary N) is 1. The molecule has 0 fully saturated rings. The number of hydrogen-bond donors (Lipinski definition) is 3. The molecule has 0 amide bonds. The van der Waals surface area contributed by atoms with Gasteiger partial charge in [0, 0.05) is 25.8 Å². The van der Waals surface area contributed by atoms with E-state index in [0.717, 1.165) is 11.6 Å². The van der Waals surface area contributed by atoms with E-state index >= 15 is 0 Å². The molecule has 4 N–H and O–H groups in total. The first kappa shape index (κ1) is 18.9. The predicted octanol–water partition coefficient (Wildman–Crippen LogP) is 1.68. The molecule has 25 heavy (non-hydrogen) atoms. The SMILES string of the molecule is COCCNc1cc(C(=O)O)cc(S(N)(=O)=O)c1Cc1ccccc1. The lowest BCUT2D eigenvalue weighted by molar-refractivity contribution is 0.0696. The molecule has 0 aromatic heterocycles. The van der Waals surface area contributed by atoms with Gasteiger partial charge < -0.3 is 15.2 Å². The van der Waals surface area contributed by atoms with Gasteiger partial charge >= 0.3 is 5.97 Å². The van der Waals surface area contributed by atoms with Crippen LogP contribution in [-0.2, 0) is 21.2 Å².